The molecule has 1 aromatic rings. The van der Waals surface area contributed by atoms with Crippen molar-refractivity contribution >= 4 is 0 Å². The number of ether oxygens (including phenoxy) is 1. The van der Waals surface area contributed by atoms with Crippen LogP contribution in [0.2, 0.25) is 0 Å². The van der Waals surface area contributed by atoms with Crippen LogP contribution in [0.4, 0.5) is 0 Å². The molecule has 0 aliphatic carbocycles. The smallest absolute Gasteiger partial charge is 0.212 e. The summed E-state index contributed by atoms with van der Waals surface area (Å²) in [5.41, 5.74) is 1.24. The Morgan fingerprint density at radius 3 is 2.00 bits per heavy atom. The van der Waals surface area contributed by atoms with Crippen LogP contribution in [-0.4, -0.2) is 12.1 Å². The van der Waals surface area contributed by atoms with Crippen LogP contribution < -0.4 is 4.74 Å². The van der Waals surface area contributed by atoms with E-state index >= 15 is 0 Å². The normalized spacial score (nSPS) is 9.25. The first kappa shape index (κ1) is 14.9. The molecule has 0 unspecified atom stereocenters. The van der Waals surface area contributed by atoms with Gasteiger partial charge in [-0.25, -0.2) is 4.98 Å². The zero-order chi connectivity index (χ0) is 12.2. The van der Waals surface area contributed by atoms with Crippen LogP contribution in [0.3, 0.4) is 0 Å². The highest BCUT2D eigenvalue weighted by Crippen LogP contribution is 2.06. The van der Waals surface area contributed by atoms with Crippen molar-refractivity contribution in [2.24, 2.45) is 0 Å². The Hall–Kier alpha value is -1.05. The third-order valence-corrected chi connectivity index (χ3v) is 2.37. The number of pyridine rings is 1. The molecule has 0 N–H and O–H groups in total. The SMILES string of the molecule is CCCCCC.CCc1ccc(OC)nc1. The number of rotatable bonds is 5. The lowest BCUT2D eigenvalue weighted by Crippen LogP contribution is -1.87. The van der Waals surface area contributed by atoms with Crippen molar-refractivity contribution in [3.8, 4) is 5.88 Å². The van der Waals surface area contributed by atoms with Crippen molar-refractivity contribution < 1.29 is 4.74 Å². The summed E-state index contributed by atoms with van der Waals surface area (Å²) < 4.78 is 4.90. The predicted octanol–water partition coefficient (Wildman–Crippen LogP) is 4.24. The first-order valence-electron chi connectivity index (χ1n) is 6.27. The van der Waals surface area contributed by atoms with Gasteiger partial charge >= 0.3 is 0 Å². The molecule has 1 heterocycles. The Morgan fingerprint density at radius 1 is 1.06 bits per heavy atom. The molecule has 2 heteroatoms. The van der Waals surface area contributed by atoms with Crippen LogP contribution in [0.5, 0.6) is 5.88 Å². The molecule has 16 heavy (non-hydrogen) atoms. The molecule has 0 atom stereocenters. The zero-order valence-electron chi connectivity index (χ0n) is 11.1. The molecular weight excluding hydrogens is 198 g/mol. The third-order valence-electron chi connectivity index (χ3n) is 2.37. The number of aromatic nitrogens is 1. The molecule has 1 rings (SSSR count). The molecule has 0 amide bonds. The van der Waals surface area contributed by atoms with Gasteiger partial charge in [0.05, 0.1) is 7.11 Å². The lowest BCUT2D eigenvalue weighted by atomic mass is 10.2. The summed E-state index contributed by atoms with van der Waals surface area (Å²) >= 11 is 0. The van der Waals surface area contributed by atoms with E-state index in [1.807, 2.05) is 18.3 Å². The van der Waals surface area contributed by atoms with E-state index in [9.17, 15) is 0 Å². The Bertz CT molecular complexity index is 216. The molecule has 0 fully saturated rings. The molecule has 2 nitrogen and oxygen atoms in total. The van der Waals surface area contributed by atoms with Crippen LogP contribution in [0, 0.1) is 0 Å². The van der Waals surface area contributed by atoms with Gasteiger partial charge in [-0.3, -0.25) is 0 Å². The number of hydrogen-bond acceptors (Lipinski definition) is 2. The van der Waals surface area contributed by atoms with Gasteiger partial charge < -0.3 is 4.74 Å². The van der Waals surface area contributed by atoms with Gasteiger partial charge in [0, 0.05) is 12.3 Å². The van der Waals surface area contributed by atoms with E-state index in [0.717, 1.165) is 6.42 Å². The summed E-state index contributed by atoms with van der Waals surface area (Å²) in [5, 5.41) is 0. The minimum atomic E-state index is 0.678. The minimum absolute atomic E-state index is 0.678. The fourth-order valence-corrected chi connectivity index (χ4v) is 1.24. The second-order valence-electron chi connectivity index (χ2n) is 3.77. The van der Waals surface area contributed by atoms with Gasteiger partial charge in [0.15, 0.2) is 0 Å². The van der Waals surface area contributed by atoms with E-state index in [-0.39, 0.29) is 0 Å². The first-order chi connectivity index (χ1) is 7.78. The van der Waals surface area contributed by atoms with Crippen molar-refractivity contribution in [2.75, 3.05) is 7.11 Å². The summed E-state index contributed by atoms with van der Waals surface area (Å²) in [4.78, 5) is 4.05. The van der Waals surface area contributed by atoms with Crippen LogP contribution in [0.1, 0.15) is 52.0 Å². The second kappa shape index (κ2) is 10.5. The molecule has 0 spiro atoms. The highest BCUT2D eigenvalue weighted by atomic mass is 16.5. The number of unbranched alkanes of at least 4 members (excludes halogenated alkanes) is 3. The number of nitrogens with zero attached hydrogens (tertiary/aromatic N) is 1. The van der Waals surface area contributed by atoms with Crippen molar-refractivity contribution in [1.29, 1.82) is 0 Å². The molecule has 0 aliphatic rings. The summed E-state index contributed by atoms with van der Waals surface area (Å²) in [5.74, 6) is 0.678. The van der Waals surface area contributed by atoms with Crippen LogP contribution in [0.15, 0.2) is 18.3 Å². The van der Waals surface area contributed by atoms with E-state index in [2.05, 4.69) is 25.8 Å². The molecule has 0 saturated heterocycles. The fourth-order valence-electron chi connectivity index (χ4n) is 1.24. The molecular formula is C14H25NO. The first-order valence-corrected chi connectivity index (χ1v) is 6.27. The van der Waals surface area contributed by atoms with E-state index < -0.39 is 0 Å². The number of hydrogen-bond donors (Lipinski definition) is 0. The fraction of sp³-hybridized carbons (Fsp3) is 0.643. The van der Waals surface area contributed by atoms with Crippen molar-refractivity contribution in [1.82, 2.24) is 4.98 Å². The second-order valence-corrected chi connectivity index (χ2v) is 3.77. The Kier molecular flexibility index (Phi) is 9.78. The average Bonchev–Trinajstić information content (AvgIpc) is 2.37. The van der Waals surface area contributed by atoms with Crippen molar-refractivity contribution in [2.45, 2.75) is 52.9 Å². The molecule has 0 bridgehead atoms. The standard InChI is InChI=1S/C8H11NO.C6H14/c1-3-7-4-5-8(10-2)9-6-7;1-3-5-6-4-2/h4-6H,3H2,1-2H3;3-6H2,1-2H3. The molecule has 92 valence electrons. The van der Waals surface area contributed by atoms with Crippen molar-refractivity contribution in [3.05, 3.63) is 23.9 Å². The van der Waals surface area contributed by atoms with Gasteiger partial charge in [-0.1, -0.05) is 52.5 Å². The lowest BCUT2D eigenvalue weighted by Gasteiger charge is -1.97. The Morgan fingerprint density at radius 2 is 1.69 bits per heavy atom. The van der Waals surface area contributed by atoms with Crippen LogP contribution in [0.25, 0.3) is 0 Å². The van der Waals surface area contributed by atoms with E-state index in [1.54, 1.807) is 7.11 Å². The highest BCUT2D eigenvalue weighted by molar-refractivity contribution is 5.17. The van der Waals surface area contributed by atoms with Gasteiger partial charge in [-0.15, -0.1) is 0 Å². The Labute approximate surface area is 100 Å². The topological polar surface area (TPSA) is 22.1 Å². The maximum Gasteiger partial charge on any atom is 0.212 e. The van der Waals surface area contributed by atoms with Gasteiger partial charge in [-0.2, -0.15) is 0 Å². The van der Waals surface area contributed by atoms with Gasteiger partial charge in [0.2, 0.25) is 5.88 Å². The number of methoxy groups -OCH3 is 1. The van der Waals surface area contributed by atoms with Crippen LogP contribution >= 0.6 is 0 Å². The van der Waals surface area contributed by atoms with Crippen LogP contribution in [-0.2, 0) is 6.42 Å². The molecule has 0 radical (unpaired) electrons. The summed E-state index contributed by atoms with van der Waals surface area (Å²) in [6, 6.07) is 3.89. The van der Waals surface area contributed by atoms with Gasteiger partial charge in [-0.05, 0) is 12.0 Å². The molecule has 0 aliphatic heterocycles. The maximum absolute atomic E-state index is 4.90. The van der Waals surface area contributed by atoms with Crippen molar-refractivity contribution in [3.63, 3.8) is 0 Å². The zero-order valence-corrected chi connectivity index (χ0v) is 11.1. The van der Waals surface area contributed by atoms with E-state index in [4.69, 9.17) is 4.74 Å². The average molecular weight is 223 g/mol. The minimum Gasteiger partial charge on any atom is -0.481 e. The molecule has 0 saturated carbocycles. The van der Waals surface area contributed by atoms with Gasteiger partial charge in [0.25, 0.3) is 0 Å². The highest BCUT2D eigenvalue weighted by Gasteiger charge is 1.90. The quantitative estimate of drug-likeness (QED) is 0.697. The third kappa shape index (κ3) is 7.27. The molecule has 1 aromatic heterocycles. The predicted molar refractivity (Wildman–Crippen MR) is 70.0 cm³/mol. The van der Waals surface area contributed by atoms with E-state index in [1.165, 1.54) is 31.2 Å². The van der Waals surface area contributed by atoms with Gasteiger partial charge in [0.1, 0.15) is 0 Å². The monoisotopic (exact) mass is 223 g/mol. The summed E-state index contributed by atoms with van der Waals surface area (Å²) in [7, 11) is 1.62. The summed E-state index contributed by atoms with van der Waals surface area (Å²) in [6.45, 7) is 6.56. The number of aryl methyl sites for hydroxylation is 1. The largest absolute Gasteiger partial charge is 0.481 e. The van der Waals surface area contributed by atoms with E-state index in [0.29, 0.717) is 5.88 Å². The lowest BCUT2D eigenvalue weighted by molar-refractivity contribution is 0.397. The Balaban J connectivity index is 0.000000325. The summed E-state index contributed by atoms with van der Waals surface area (Å²) in [6.07, 6.45) is 8.39. The maximum atomic E-state index is 4.90. The molecule has 0 aromatic carbocycles.